The van der Waals surface area contributed by atoms with E-state index >= 15 is 0 Å². The van der Waals surface area contributed by atoms with Crippen molar-refractivity contribution in [1.29, 1.82) is 0 Å². The number of carboxylic acid groups (broad SMARTS) is 1. The number of β-amino-alcohol motifs (C(OH)–C–C–N with tert-alkyl or cyclic N) is 1. The molecule has 0 amide bonds. The average Bonchev–Trinajstić information content (AvgIpc) is 2.50. The lowest BCUT2D eigenvalue weighted by molar-refractivity contribution is -0.192. The minimum Gasteiger partial charge on any atom is -0.475 e. The minimum absolute atomic E-state index is 0.00926. The van der Waals surface area contributed by atoms with Crippen LogP contribution in [0.5, 0.6) is 0 Å². The van der Waals surface area contributed by atoms with Gasteiger partial charge in [0.25, 0.3) is 0 Å². The van der Waals surface area contributed by atoms with Crippen molar-refractivity contribution in [3.8, 4) is 0 Å². The van der Waals surface area contributed by atoms with Gasteiger partial charge in [-0.2, -0.15) is 13.2 Å². The highest BCUT2D eigenvalue weighted by atomic mass is 19.4. The Labute approximate surface area is 83.8 Å². The van der Waals surface area contributed by atoms with E-state index in [2.05, 4.69) is 5.32 Å². The molecule has 5 nitrogen and oxygen atoms in total. The maximum Gasteiger partial charge on any atom is 0.490 e. The zero-order valence-corrected chi connectivity index (χ0v) is 7.91. The van der Waals surface area contributed by atoms with Crippen LogP contribution in [-0.2, 0) is 9.53 Å². The van der Waals surface area contributed by atoms with Crippen LogP contribution in [-0.4, -0.2) is 54.8 Å². The molecule has 0 spiro atoms. The van der Waals surface area contributed by atoms with Gasteiger partial charge in [-0.1, -0.05) is 0 Å². The molecule has 1 saturated heterocycles. The molecule has 1 fully saturated rings. The van der Waals surface area contributed by atoms with Gasteiger partial charge < -0.3 is 20.3 Å². The Hall–Kier alpha value is -0.860. The van der Waals surface area contributed by atoms with E-state index in [-0.39, 0.29) is 12.2 Å². The molecule has 90 valence electrons. The molecule has 2 atom stereocenters. The van der Waals surface area contributed by atoms with Gasteiger partial charge in [0.05, 0.1) is 12.2 Å². The second-order valence-electron chi connectivity index (χ2n) is 2.80. The summed E-state index contributed by atoms with van der Waals surface area (Å²) in [5.74, 6) is -2.76. The number of aliphatic hydroxyl groups excluding tert-OH is 1. The second kappa shape index (κ2) is 5.89. The SMILES string of the molecule is CO[C@@H]1CNC[C@H]1O.O=C(O)C(F)(F)F. The lowest BCUT2D eigenvalue weighted by atomic mass is 10.3. The van der Waals surface area contributed by atoms with Crippen LogP contribution in [0.1, 0.15) is 0 Å². The second-order valence-corrected chi connectivity index (χ2v) is 2.80. The highest BCUT2D eigenvalue weighted by Crippen LogP contribution is 2.13. The molecule has 0 aromatic heterocycles. The smallest absolute Gasteiger partial charge is 0.475 e. The number of ether oxygens (including phenoxy) is 1. The van der Waals surface area contributed by atoms with Crippen molar-refractivity contribution in [1.82, 2.24) is 5.32 Å². The van der Waals surface area contributed by atoms with E-state index in [0.717, 1.165) is 6.54 Å². The molecule has 0 aromatic rings. The average molecular weight is 231 g/mol. The van der Waals surface area contributed by atoms with E-state index in [9.17, 15) is 13.2 Å². The first kappa shape index (κ1) is 14.1. The van der Waals surface area contributed by atoms with Crippen molar-refractivity contribution < 1.29 is 32.9 Å². The first-order valence-electron chi connectivity index (χ1n) is 4.00. The molecule has 8 heteroatoms. The number of halogens is 3. The van der Waals surface area contributed by atoms with E-state index in [1.54, 1.807) is 7.11 Å². The molecule has 0 aliphatic carbocycles. The predicted octanol–water partition coefficient (Wildman–Crippen LogP) is -0.401. The van der Waals surface area contributed by atoms with Crippen molar-refractivity contribution in [3.05, 3.63) is 0 Å². The van der Waals surface area contributed by atoms with Crippen molar-refractivity contribution in [2.75, 3.05) is 20.2 Å². The van der Waals surface area contributed by atoms with Gasteiger partial charge >= 0.3 is 12.1 Å². The lowest BCUT2D eigenvalue weighted by Gasteiger charge is -2.08. The number of hydrogen-bond acceptors (Lipinski definition) is 4. The maximum absolute atomic E-state index is 10.6. The molecule has 3 N–H and O–H groups in total. The molecular formula is C7H12F3NO4. The molecular weight excluding hydrogens is 219 g/mol. The number of methoxy groups -OCH3 is 1. The molecule has 1 aliphatic rings. The summed E-state index contributed by atoms with van der Waals surface area (Å²) in [6.07, 6.45) is -5.38. The van der Waals surface area contributed by atoms with E-state index in [1.165, 1.54) is 0 Å². The lowest BCUT2D eigenvalue weighted by Crippen LogP contribution is -2.25. The number of aliphatic hydroxyl groups is 1. The fraction of sp³-hybridized carbons (Fsp3) is 0.857. The first-order chi connectivity index (χ1) is 6.79. The highest BCUT2D eigenvalue weighted by molar-refractivity contribution is 5.73. The number of rotatable bonds is 1. The molecule has 0 unspecified atom stereocenters. The highest BCUT2D eigenvalue weighted by Gasteiger charge is 2.38. The number of alkyl halides is 3. The Morgan fingerprint density at radius 2 is 1.93 bits per heavy atom. The molecule has 0 aromatic carbocycles. The van der Waals surface area contributed by atoms with Crippen LogP contribution in [0, 0.1) is 0 Å². The zero-order chi connectivity index (χ0) is 12.1. The van der Waals surface area contributed by atoms with Gasteiger partial charge in [0.1, 0.15) is 0 Å². The van der Waals surface area contributed by atoms with Gasteiger partial charge in [0.15, 0.2) is 0 Å². The van der Waals surface area contributed by atoms with E-state index in [4.69, 9.17) is 19.7 Å². The third kappa shape index (κ3) is 5.55. The number of carboxylic acids is 1. The van der Waals surface area contributed by atoms with Crippen molar-refractivity contribution in [2.24, 2.45) is 0 Å². The minimum atomic E-state index is -5.08. The largest absolute Gasteiger partial charge is 0.490 e. The fourth-order valence-corrected chi connectivity index (χ4v) is 0.881. The maximum atomic E-state index is 10.6. The normalized spacial score (nSPS) is 25.7. The van der Waals surface area contributed by atoms with E-state index < -0.39 is 12.1 Å². The van der Waals surface area contributed by atoms with Gasteiger partial charge in [0.2, 0.25) is 0 Å². The van der Waals surface area contributed by atoms with Crippen LogP contribution in [0.25, 0.3) is 0 Å². The van der Waals surface area contributed by atoms with Crippen molar-refractivity contribution in [3.63, 3.8) is 0 Å². The summed E-state index contributed by atoms with van der Waals surface area (Å²) in [6.45, 7) is 1.44. The predicted molar refractivity (Wildman–Crippen MR) is 43.4 cm³/mol. The summed E-state index contributed by atoms with van der Waals surface area (Å²) in [6, 6.07) is 0. The Morgan fingerprint density at radius 1 is 1.47 bits per heavy atom. The van der Waals surface area contributed by atoms with Crippen LogP contribution in [0.3, 0.4) is 0 Å². The van der Waals surface area contributed by atoms with Crippen molar-refractivity contribution in [2.45, 2.75) is 18.4 Å². The Morgan fingerprint density at radius 3 is 2.07 bits per heavy atom. The molecule has 1 rings (SSSR count). The molecule has 15 heavy (non-hydrogen) atoms. The van der Waals surface area contributed by atoms with Gasteiger partial charge in [-0.15, -0.1) is 0 Å². The number of aliphatic carboxylic acids is 1. The van der Waals surface area contributed by atoms with Crippen LogP contribution >= 0.6 is 0 Å². The Balaban J connectivity index is 0.000000265. The molecule has 0 radical (unpaired) electrons. The molecule has 1 aliphatic heterocycles. The van der Waals surface area contributed by atoms with Crippen LogP contribution in [0.2, 0.25) is 0 Å². The van der Waals surface area contributed by atoms with Gasteiger partial charge in [-0.25, -0.2) is 4.79 Å². The summed E-state index contributed by atoms with van der Waals surface area (Å²) >= 11 is 0. The summed E-state index contributed by atoms with van der Waals surface area (Å²) in [7, 11) is 1.61. The monoisotopic (exact) mass is 231 g/mol. The molecule has 0 bridgehead atoms. The fourth-order valence-electron chi connectivity index (χ4n) is 0.881. The van der Waals surface area contributed by atoms with E-state index in [0.29, 0.717) is 6.54 Å². The molecule has 0 saturated carbocycles. The first-order valence-corrected chi connectivity index (χ1v) is 4.00. The van der Waals surface area contributed by atoms with E-state index in [1.807, 2.05) is 0 Å². The van der Waals surface area contributed by atoms with Crippen LogP contribution in [0.4, 0.5) is 13.2 Å². The Kier molecular flexibility index (Phi) is 5.55. The summed E-state index contributed by atoms with van der Waals surface area (Å²) in [4.78, 5) is 8.90. The third-order valence-electron chi connectivity index (χ3n) is 1.67. The van der Waals surface area contributed by atoms with Crippen LogP contribution < -0.4 is 5.32 Å². The summed E-state index contributed by atoms with van der Waals surface area (Å²) in [5.41, 5.74) is 0. The van der Waals surface area contributed by atoms with Gasteiger partial charge in [-0.3, -0.25) is 0 Å². The van der Waals surface area contributed by atoms with Gasteiger partial charge in [0, 0.05) is 20.2 Å². The summed E-state index contributed by atoms with van der Waals surface area (Å²) < 4.78 is 36.6. The standard InChI is InChI=1S/C5H11NO2.C2HF3O2/c1-8-5-3-6-2-4(5)7;3-2(4,5)1(6)7/h4-7H,2-3H2,1H3;(H,6,7)/t4-,5-;/m1./s1. The van der Waals surface area contributed by atoms with Crippen molar-refractivity contribution >= 4 is 5.97 Å². The Bertz CT molecular complexity index is 209. The topological polar surface area (TPSA) is 78.8 Å². The van der Waals surface area contributed by atoms with Crippen LogP contribution in [0.15, 0.2) is 0 Å². The third-order valence-corrected chi connectivity index (χ3v) is 1.67. The number of nitrogens with one attached hydrogen (secondary N) is 1. The number of carbonyl (C=O) groups is 1. The summed E-state index contributed by atoms with van der Waals surface area (Å²) in [5, 5.41) is 19.1. The number of hydrogen-bond donors (Lipinski definition) is 3. The quantitative estimate of drug-likeness (QED) is 0.572. The molecule has 1 heterocycles. The zero-order valence-electron chi connectivity index (χ0n) is 7.91. The van der Waals surface area contributed by atoms with Gasteiger partial charge in [-0.05, 0) is 0 Å².